The van der Waals surface area contributed by atoms with E-state index in [1.807, 2.05) is 13.1 Å². The van der Waals surface area contributed by atoms with E-state index in [0.717, 1.165) is 31.4 Å². The van der Waals surface area contributed by atoms with Gasteiger partial charge in [-0.2, -0.15) is 0 Å². The highest BCUT2D eigenvalue weighted by molar-refractivity contribution is 14.0. The molecule has 1 aliphatic heterocycles. The molecule has 27 heavy (non-hydrogen) atoms. The van der Waals surface area contributed by atoms with Crippen molar-refractivity contribution in [3.8, 4) is 0 Å². The molecule has 2 rings (SSSR count). The van der Waals surface area contributed by atoms with Crippen LogP contribution in [0.2, 0.25) is 0 Å². The van der Waals surface area contributed by atoms with Crippen molar-refractivity contribution in [3.63, 3.8) is 0 Å². The Hall–Kier alpha value is -0.800. The molecule has 156 valence electrons. The second-order valence-corrected chi connectivity index (χ2v) is 6.97. The number of furan rings is 1. The molecule has 0 saturated carbocycles. The molecule has 1 aromatic heterocycles. The fraction of sp³-hybridized carbons (Fsp3) is 0.750. The van der Waals surface area contributed by atoms with E-state index in [4.69, 9.17) is 4.42 Å². The van der Waals surface area contributed by atoms with Crippen LogP contribution in [0.3, 0.4) is 0 Å². The van der Waals surface area contributed by atoms with Gasteiger partial charge in [0.1, 0.15) is 5.76 Å². The molecule has 2 heterocycles. The molecule has 1 unspecified atom stereocenters. The van der Waals surface area contributed by atoms with Gasteiger partial charge in [0.25, 0.3) is 0 Å². The summed E-state index contributed by atoms with van der Waals surface area (Å²) in [6.07, 6.45) is 5.35. The minimum absolute atomic E-state index is 0. The Balaban J connectivity index is 0.00000364. The third-order valence-corrected chi connectivity index (χ3v) is 5.28. The van der Waals surface area contributed by atoms with Crippen molar-refractivity contribution < 1.29 is 4.42 Å². The number of nitrogens with one attached hydrogen (secondary N) is 2. The van der Waals surface area contributed by atoms with Crippen molar-refractivity contribution in [2.45, 2.75) is 52.1 Å². The standard InChI is InChI=1S/C20H37N5O.HI/c1-5-12-24-13-10-17(11-14-24)23-20(21-4)22-16-18(25(6-2)7-3)19-9-8-15-26-19;/h8-9,15,17-18H,5-7,10-14,16H2,1-4H3,(H2,21,22,23);1H. The summed E-state index contributed by atoms with van der Waals surface area (Å²) < 4.78 is 5.68. The van der Waals surface area contributed by atoms with E-state index in [1.165, 1.54) is 38.9 Å². The third-order valence-electron chi connectivity index (χ3n) is 5.28. The topological polar surface area (TPSA) is 56.0 Å². The first-order chi connectivity index (χ1) is 12.7. The van der Waals surface area contributed by atoms with Crippen LogP contribution >= 0.6 is 24.0 Å². The molecule has 7 heteroatoms. The highest BCUT2D eigenvalue weighted by Gasteiger charge is 2.22. The summed E-state index contributed by atoms with van der Waals surface area (Å²) in [5, 5.41) is 7.12. The summed E-state index contributed by atoms with van der Waals surface area (Å²) in [5.41, 5.74) is 0. The van der Waals surface area contributed by atoms with Crippen molar-refractivity contribution >= 4 is 29.9 Å². The molecule has 1 aliphatic rings. The molecule has 0 aliphatic carbocycles. The molecule has 2 N–H and O–H groups in total. The minimum atomic E-state index is 0. The number of guanidine groups is 1. The Morgan fingerprint density at radius 1 is 1.30 bits per heavy atom. The lowest BCUT2D eigenvalue weighted by Gasteiger charge is -2.33. The fourth-order valence-electron chi connectivity index (χ4n) is 3.75. The van der Waals surface area contributed by atoms with Gasteiger partial charge >= 0.3 is 0 Å². The average molecular weight is 491 g/mol. The summed E-state index contributed by atoms with van der Waals surface area (Å²) in [4.78, 5) is 9.40. The molecule has 1 atom stereocenters. The van der Waals surface area contributed by atoms with Crippen LogP contribution < -0.4 is 10.6 Å². The molecule has 0 bridgehead atoms. The van der Waals surface area contributed by atoms with Crippen LogP contribution in [-0.2, 0) is 0 Å². The van der Waals surface area contributed by atoms with Gasteiger partial charge in [0.05, 0.1) is 12.3 Å². The molecular weight excluding hydrogens is 453 g/mol. The lowest BCUT2D eigenvalue weighted by Crippen LogP contribution is -2.50. The Kier molecular flexibility index (Phi) is 12.0. The lowest BCUT2D eigenvalue weighted by atomic mass is 10.1. The quantitative estimate of drug-likeness (QED) is 0.316. The Morgan fingerprint density at radius 3 is 2.52 bits per heavy atom. The maximum atomic E-state index is 5.68. The van der Waals surface area contributed by atoms with Gasteiger partial charge in [-0.05, 0) is 51.0 Å². The van der Waals surface area contributed by atoms with Gasteiger partial charge in [-0.25, -0.2) is 0 Å². The largest absolute Gasteiger partial charge is 0.468 e. The average Bonchev–Trinajstić information content (AvgIpc) is 3.20. The van der Waals surface area contributed by atoms with Gasteiger partial charge in [-0.1, -0.05) is 20.8 Å². The minimum Gasteiger partial charge on any atom is -0.468 e. The zero-order chi connectivity index (χ0) is 18.8. The molecule has 0 radical (unpaired) electrons. The van der Waals surface area contributed by atoms with E-state index in [1.54, 1.807) is 6.26 Å². The van der Waals surface area contributed by atoms with Crippen molar-refractivity contribution in [2.24, 2.45) is 4.99 Å². The number of likely N-dealkylation sites (tertiary alicyclic amines) is 1. The van der Waals surface area contributed by atoms with Gasteiger partial charge in [-0.15, -0.1) is 24.0 Å². The lowest BCUT2D eigenvalue weighted by molar-refractivity contribution is 0.192. The van der Waals surface area contributed by atoms with Gasteiger partial charge in [-0.3, -0.25) is 9.89 Å². The van der Waals surface area contributed by atoms with E-state index in [0.29, 0.717) is 6.04 Å². The smallest absolute Gasteiger partial charge is 0.191 e. The van der Waals surface area contributed by atoms with Crippen molar-refractivity contribution in [2.75, 3.05) is 46.3 Å². The SMILES string of the molecule is CCCN1CCC(NC(=NC)NCC(c2ccco2)N(CC)CC)CC1.I. The van der Waals surface area contributed by atoms with Crippen LogP contribution in [0, 0.1) is 0 Å². The molecule has 1 fully saturated rings. The Morgan fingerprint density at radius 2 is 2.00 bits per heavy atom. The molecule has 1 saturated heterocycles. The van der Waals surface area contributed by atoms with Crippen molar-refractivity contribution in [3.05, 3.63) is 24.2 Å². The summed E-state index contributed by atoms with van der Waals surface area (Å²) in [7, 11) is 1.85. The maximum Gasteiger partial charge on any atom is 0.191 e. The van der Waals surface area contributed by atoms with E-state index in [2.05, 4.69) is 52.3 Å². The van der Waals surface area contributed by atoms with Gasteiger partial charge in [0.2, 0.25) is 0 Å². The van der Waals surface area contributed by atoms with Crippen molar-refractivity contribution in [1.29, 1.82) is 0 Å². The summed E-state index contributed by atoms with van der Waals surface area (Å²) in [5.74, 6) is 1.90. The molecule has 0 aromatic carbocycles. The summed E-state index contributed by atoms with van der Waals surface area (Å²) in [6, 6.07) is 4.74. The number of likely N-dealkylation sites (N-methyl/N-ethyl adjacent to an activating group) is 1. The van der Waals surface area contributed by atoms with Gasteiger partial charge in [0, 0.05) is 32.7 Å². The Bertz CT molecular complexity index is 510. The highest BCUT2D eigenvalue weighted by atomic mass is 127. The fourth-order valence-corrected chi connectivity index (χ4v) is 3.75. The number of aliphatic imine (C=N–C) groups is 1. The number of nitrogens with zero attached hydrogens (tertiary/aromatic N) is 3. The van der Waals surface area contributed by atoms with Crippen LogP contribution in [-0.4, -0.2) is 68.1 Å². The summed E-state index contributed by atoms with van der Waals surface area (Å²) >= 11 is 0. The number of piperidine rings is 1. The van der Waals surface area contributed by atoms with E-state index < -0.39 is 0 Å². The molecule has 0 amide bonds. The molecule has 0 spiro atoms. The highest BCUT2D eigenvalue weighted by Crippen LogP contribution is 2.20. The second-order valence-electron chi connectivity index (χ2n) is 6.97. The first kappa shape index (κ1) is 24.2. The van der Waals surface area contributed by atoms with Gasteiger partial charge < -0.3 is 20.0 Å². The van der Waals surface area contributed by atoms with Gasteiger partial charge in [0.15, 0.2) is 5.96 Å². The van der Waals surface area contributed by atoms with Crippen molar-refractivity contribution in [1.82, 2.24) is 20.4 Å². The zero-order valence-corrected chi connectivity index (χ0v) is 19.7. The third kappa shape index (κ3) is 7.62. The first-order valence-corrected chi connectivity index (χ1v) is 10.2. The monoisotopic (exact) mass is 491 g/mol. The van der Waals surface area contributed by atoms with E-state index >= 15 is 0 Å². The predicted molar refractivity (Wildman–Crippen MR) is 124 cm³/mol. The number of hydrogen-bond donors (Lipinski definition) is 2. The van der Waals surface area contributed by atoms with Crippen LogP contribution in [0.15, 0.2) is 27.8 Å². The van der Waals surface area contributed by atoms with Crippen LogP contribution in [0.1, 0.15) is 51.8 Å². The molecular formula is C20H38IN5O. The number of rotatable bonds is 9. The molecule has 1 aromatic rings. The Labute approximate surface area is 182 Å². The number of halogens is 1. The normalized spacial score (nSPS) is 17.6. The number of hydrogen-bond acceptors (Lipinski definition) is 4. The second kappa shape index (κ2) is 13.4. The zero-order valence-electron chi connectivity index (χ0n) is 17.4. The van der Waals surface area contributed by atoms with E-state index in [-0.39, 0.29) is 30.0 Å². The summed E-state index contributed by atoms with van der Waals surface area (Å²) in [6.45, 7) is 13.0. The van der Waals surface area contributed by atoms with Crippen LogP contribution in [0.25, 0.3) is 0 Å². The first-order valence-electron chi connectivity index (χ1n) is 10.2. The van der Waals surface area contributed by atoms with E-state index in [9.17, 15) is 0 Å². The maximum absolute atomic E-state index is 5.68. The predicted octanol–water partition coefficient (Wildman–Crippen LogP) is 3.32. The molecule has 6 nitrogen and oxygen atoms in total. The van der Waals surface area contributed by atoms with Crippen LogP contribution in [0.4, 0.5) is 0 Å². The van der Waals surface area contributed by atoms with Crippen LogP contribution in [0.5, 0.6) is 0 Å².